The van der Waals surface area contributed by atoms with E-state index < -0.39 is 6.10 Å². The minimum atomic E-state index is -0.430. The highest BCUT2D eigenvalue weighted by atomic mass is 35.5. The van der Waals surface area contributed by atoms with E-state index in [1.165, 1.54) is 0 Å². The third-order valence-electron chi connectivity index (χ3n) is 2.18. The van der Waals surface area contributed by atoms with Gasteiger partial charge in [0.25, 0.3) is 0 Å². The third kappa shape index (κ3) is 4.29. The molecule has 12 heavy (non-hydrogen) atoms. The number of halogens is 1. The molecule has 0 aliphatic rings. The molecular weight excluding hydrogens is 176 g/mol. The Balaban J connectivity index is 3.90. The van der Waals surface area contributed by atoms with Crippen LogP contribution in [0, 0.1) is 5.92 Å². The standard InChI is InChI=1S/C9H19ClO2/c1-7(8(11)6-10)5-9(2,3)12-4/h7-8,11H,5-6H2,1-4H3/t7?,8-/m0/s1. The van der Waals surface area contributed by atoms with Crippen molar-refractivity contribution in [2.45, 2.75) is 38.9 Å². The second-order valence-corrected chi connectivity index (χ2v) is 4.18. The summed E-state index contributed by atoms with van der Waals surface area (Å²) in [6, 6.07) is 0. The van der Waals surface area contributed by atoms with E-state index in [0.717, 1.165) is 6.42 Å². The highest BCUT2D eigenvalue weighted by Crippen LogP contribution is 2.22. The van der Waals surface area contributed by atoms with Crippen molar-refractivity contribution in [2.24, 2.45) is 5.92 Å². The second-order valence-electron chi connectivity index (χ2n) is 3.87. The molecule has 0 bridgehead atoms. The normalized spacial score (nSPS) is 17.5. The molecule has 1 unspecified atom stereocenters. The predicted molar refractivity (Wildman–Crippen MR) is 51.6 cm³/mol. The van der Waals surface area contributed by atoms with Crippen molar-refractivity contribution < 1.29 is 9.84 Å². The van der Waals surface area contributed by atoms with Gasteiger partial charge in [-0.15, -0.1) is 11.6 Å². The van der Waals surface area contributed by atoms with Crippen LogP contribution in [0.25, 0.3) is 0 Å². The van der Waals surface area contributed by atoms with Crippen molar-refractivity contribution in [3.63, 3.8) is 0 Å². The number of aliphatic hydroxyl groups excluding tert-OH is 1. The third-order valence-corrected chi connectivity index (χ3v) is 2.50. The largest absolute Gasteiger partial charge is 0.392 e. The maximum Gasteiger partial charge on any atom is 0.0702 e. The second kappa shape index (κ2) is 5.05. The van der Waals surface area contributed by atoms with Gasteiger partial charge in [-0.3, -0.25) is 0 Å². The Hall–Kier alpha value is 0.210. The number of hydrogen-bond donors (Lipinski definition) is 1. The van der Waals surface area contributed by atoms with Crippen LogP contribution in [-0.4, -0.2) is 29.8 Å². The van der Waals surface area contributed by atoms with Gasteiger partial charge >= 0.3 is 0 Å². The molecule has 3 heteroatoms. The average Bonchev–Trinajstić information content (AvgIpc) is 2.02. The van der Waals surface area contributed by atoms with Gasteiger partial charge in [-0.2, -0.15) is 0 Å². The zero-order valence-electron chi connectivity index (χ0n) is 8.30. The number of aliphatic hydroxyl groups is 1. The predicted octanol–water partition coefficient (Wildman–Crippen LogP) is 2.04. The van der Waals surface area contributed by atoms with Crippen LogP contribution in [0.1, 0.15) is 27.2 Å². The Kier molecular flexibility index (Phi) is 5.14. The number of alkyl halides is 1. The fourth-order valence-corrected chi connectivity index (χ4v) is 1.45. The first-order valence-corrected chi connectivity index (χ1v) is 4.75. The Morgan fingerprint density at radius 1 is 1.50 bits per heavy atom. The fourth-order valence-electron chi connectivity index (χ4n) is 1.15. The van der Waals surface area contributed by atoms with Crippen LogP contribution in [0.15, 0.2) is 0 Å². The molecule has 0 saturated heterocycles. The van der Waals surface area contributed by atoms with Gasteiger partial charge in [-0.25, -0.2) is 0 Å². The zero-order chi connectivity index (χ0) is 9.78. The van der Waals surface area contributed by atoms with Crippen molar-refractivity contribution in [1.29, 1.82) is 0 Å². The highest BCUT2D eigenvalue weighted by Gasteiger charge is 2.23. The van der Waals surface area contributed by atoms with Gasteiger partial charge in [-0.05, 0) is 26.2 Å². The van der Waals surface area contributed by atoms with Crippen molar-refractivity contribution >= 4 is 11.6 Å². The number of rotatable bonds is 5. The van der Waals surface area contributed by atoms with E-state index in [1.807, 2.05) is 20.8 Å². The van der Waals surface area contributed by atoms with E-state index in [9.17, 15) is 5.11 Å². The van der Waals surface area contributed by atoms with Crippen molar-refractivity contribution in [1.82, 2.24) is 0 Å². The summed E-state index contributed by atoms with van der Waals surface area (Å²) in [7, 11) is 1.68. The van der Waals surface area contributed by atoms with Crippen LogP contribution in [0.3, 0.4) is 0 Å². The molecule has 0 amide bonds. The van der Waals surface area contributed by atoms with Gasteiger partial charge in [0.15, 0.2) is 0 Å². The van der Waals surface area contributed by atoms with Gasteiger partial charge in [0.2, 0.25) is 0 Å². The van der Waals surface area contributed by atoms with E-state index in [4.69, 9.17) is 16.3 Å². The molecule has 0 radical (unpaired) electrons. The van der Waals surface area contributed by atoms with Crippen LogP contribution >= 0.6 is 11.6 Å². The number of methoxy groups -OCH3 is 1. The van der Waals surface area contributed by atoms with Gasteiger partial charge in [0.1, 0.15) is 0 Å². The summed E-state index contributed by atoms with van der Waals surface area (Å²) in [6.45, 7) is 5.99. The van der Waals surface area contributed by atoms with E-state index in [2.05, 4.69) is 0 Å². The molecule has 0 aliphatic carbocycles. The van der Waals surface area contributed by atoms with Crippen molar-refractivity contribution in [2.75, 3.05) is 13.0 Å². The monoisotopic (exact) mass is 194 g/mol. The van der Waals surface area contributed by atoms with Crippen molar-refractivity contribution in [3.8, 4) is 0 Å². The molecule has 0 spiro atoms. The molecule has 0 aromatic carbocycles. The molecular formula is C9H19ClO2. The Labute approximate surface area is 79.9 Å². The van der Waals surface area contributed by atoms with E-state index in [0.29, 0.717) is 5.88 Å². The minimum Gasteiger partial charge on any atom is -0.392 e. The van der Waals surface area contributed by atoms with Crippen LogP contribution in [-0.2, 0) is 4.74 Å². The lowest BCUT2D eigenvalue weighted by molar-refractivity contribution is -0.0132. The molecule has 2 atom stereocenters. The maximum atomic E-state index is 9.40. The van der Waals surface area contributed by atoms with Gasteiger partial charge < -0.3 is 9.84 Å². The van der Waals surface area contributed by atoms with Gasteiger partial charge in [-0.1, -0.05) is 6.92 Å². The van der Waals surface area contributed by atoms with Crippen LogP contribution in [0.5, 0.6) is 0 Å². The average molecular weight is 195 g/mol. The van der Waals surface area contributed by atoms with E-state index >= 15 is 0 Å². The topological polar surface area (TPSA) is 29.5 Å². The maximum absolute atomic E-state index is 9.40. The first kappa shape index (κ1) is 12.2. The summed E-state index contributed by atoms with van der Waals surface area (Å²) in [5, 5.41) is 9.40. The highest BCUT2D eigenvalue weighted by molar-refractivity contribution is 6.18. The Morgan fingerprint density at radius 3 is 2.33 bits per heavy atom. The lowest BCUT2D eigenvalue weighted by atomic mass is 9.91. The van der Waals surface area contributed by atoms with Gasteiger partial charge in [0.05, 0.1) is 11.7 Å². The van der Waals surface area contributed by atoms with E-state index in [1.54, 1.807) is 7.11 Å². The summed E-state index contributed by atoms with van der Waals surface area (Å²) in [5.41, 5.74) is -0.174. The summed E-state index contributed by atoms with van der Waals surface area (Å²) >= 11 is 5.53. The quantitative estimate of drug-likeness (QED) is 0.679. The summed E-state index contributed by atoms with van der Waals surface area (Å²) in [4.78, 5) is 0. The summed E-state index contributed by atoms with van der Waals surface area (Å²) in [6.07, 6.45) is 0.387. The fraction of sp³-hybridized carbons (Fsp3) is 1.00. The first-order valence-electron chi connectivity index (χ1n) is 4.22. The Bertz CT molecular complexity index is 126. The SMILES string of the molecule is COC(C)(C)CC(C)[C@@H](O)CCl. The molecule has 74 valence electrons. The molecule has 0 aliphatic heterocycles. The summed E-state index contributed by atoms with van der Waals surface area (Å²) in [5.74, 6) is 0.471. The van der Waals surface area contributed by atoms with Gasteiger partial charge in [0, 0.05) is 13.0 Å². The smallest absolute Gasteiger partial charge is 0.0702 e. The lowest BCUT2D eigenvalue weighted by Crippen LogP contribution is -2.31. The van der Waals surface area contributed by atoms with Crippen molar-refractivity contribution in [3.05, 3.63) is 0 Å². The lowest BCUT2D eigenvalue weighted by Gasteiger charge is -2.28. The molecule has 0 fully saturated rings. The molecule has 1 N–H and O–H groups in total. The minimum absolute atomic E-state index is 0.174. The molecule has 0 aromatic heterocycles. The molecule has 2 nitrogen and oxygen atoms in total. The molecule has 0 aromatic rings. The molecule has 0 heterocycles. The van der Waals surface area contributed by atoms with Crippen LogP contribution < -0.4 is 0 Å². The number of hydrogen-bond acceptors (Lipinski definition) is 2. The summed E-state index contributed by atoms with van der Waals surface area (Å²) < 4.78 is 5.25. The van der Waals surface area contributed by atoms with Crippen LogP contribution in [0.2, 0.25) is 0 Å². The van der Waals surface area contributed by atoms with E-state index in [-0.39, 0.29) is 11.5 Å². The Morgan fingerprint density at radius 2 is 2.00 bits per heavy atom. The first-order chi connectivity index (χ1) is 5.43. The molecule has 0 rings (SSSR count). The zero-order valence-corrected chi connectivity index (χ0v) is 9.06. The number of ether oxygens (including phenoxy) is 1. The van der Waals surface area contributed by atoms with Crippen LogP contribution in [0.4, 0.5) is 0 Å². The molecule has 0 saturated carbocycles.